The summed E-state index contributed by atoms with van der Waals surface area (Å²) in [5, 5.41) is 10.7. The van der Waals surface area contributed by atoms with Gasteiger partial charge < -0.3 is 10.2 Å². The van der Waals surface area contributed by atoms with Crippen LogP contribution in [-0.2, 0) is 11.3 Å². The average molecular weight is 297 g/mol. The molecule has 0 aliphatic rings. The number of benzene rings is 1. The van der Waals surface area contributed by atoms with Gasteiger partial charge in [0.25, 0.3) is 5.69 Å². The van der Waals surface area contributed by atoms with E-state index < -0.39 is 30.5 Å². The summed E-state index contributed by atoms with van der Waals surface area (Å²) in [6.07, 6.45) is -3.85. The Bertz CT molecular complexity index is 485. The second-order valence-electron chi connectivity index (χ2n) is 3.77. The number of nitrogen functional groups attached to an aromatic ring is 1. The summed E-state index contributed by atoms with van der Waals surface area (Å²) < 4.78 is 53.5. The molecule has 0 aliphatic heterocycles. The molecular formula is C10H11F4N3O3. The number of hydrogen-bond donors (Lipinski definition) is 2. The fourth-order valence-corrected chi connectivity index (χ4v) is 1.39. The molecule has 0 saturated carbocycles. The SMILES string of the molecule is NNc1c(COCC(F)(F)C(F)F)cccc1[N+](=O)[O-]. The first kappa shape index (κ1) is 16.1. The zero-order chi connectivity index (χ0) is 15.3. The Morgan fingerprint density at radius 3 is 2.60 bits per heavy atom. The van der Waals surface area contributed by atoms with Crippen molar-refractivity contribution in [3.05, 3.63) is 33.9 Å². The summed E-state index contributed by atoms with van der Waals surface area (Å²) in [5.74, 6) is 0.836. The third-order valence-corrected chi connectivity index (χ3v) is 2.34. The lowest BCUT2D eigenvalue weighted by atomic mass is 10.1. The highest BCUT2D eigenvalue weighted by molar-refractivity contribution is 5.65. The van der Waals surface area contributed by atoms with Crippen molar-refractivity contribution in [3.63, 3.8) is 0 Å². The molecule has 1 rings (SSSR count). The van der Waals surface area contributed by atoms with Gasteiger partial charge in [0.2, 0.25) is 0 Å². The van der Waals surface area contributed by atoms with Crippen LogP contribution in [-0.4, -0.2) is 23.9 Å². The topological polar surface area (TPSA) is 90.4 Å². The highest BCUT2D eigenvalue weighted by Crippen LogP contribution is 2.29. The molecule has 20 heavy (non-hydrogen) atoms. The van der Waals surface area contributed by atoms with E-state index in [4.69, 9.17) is 5.84 Å². The minimum absolute atomic E-state index is 0.103. The van der Waals surface area contributed by atoms with Crippen molar-refractivity contribution in [2.45, 2.75) is 19.0 Å². The number of nitrogens with one attached hydrogen (secondary N) is 1. The van der Waals surface area contributed by atoms with Crippen LogP contribution in [0.3, 0.4) is 0 Å². The van der Waals surface area contributed by atoms with Crippen molar-refractivity contribution in [3.8, 4) is 0 Å². The van der Waals surface area contributed by atoms with Gasteiger partial charge in [0.05, 0.1) is 11.5 Å². The first-order valence-corrected chi connectivity index (χ1v) is 5.26. The van der Waals surface area contributed by atoms with Crippen LogP contribution in [0.15, 0.2) is 18.2 Å². The van der Waals surface area contributed by atoms with Gasteiger partial charge in [-0.05, 0) is 0 Å². The molecule has 0 atom stereocenters. The van der Waals surface area contributed by atoms with Crippen LogP contribution in [0.1, 0.15) is 5.56 Å². The number of anilines is 1. The Hall–Kier alpha value is -1.94. The number of halogens is 4. The number of nitrogens with zero attached hydrogens (tertiary/aromatic N) is 1. The lowest BCUT2D eigenvalue weighted by molar-refractivity contribution is -0.384. The molecule has 0 unspecified atom stereocenters. The predicted molar refractivity (Wildman–Crippen MR) is 61.5 cm³/mol. The van der Waals surface area contributed by atoms with E-state index in [0.29, 0.717) is 0 Å². The van der Waals surface area contributed by atoms with Crippen LogP contribution in [0, 0.1) is 10.1 Å². The van der Waals surface area contributed by atoms with E-state index in [2.05, 4.69) is 10.2 Å². The number of ether oxygens (including phenoxy) is 1. The second-order valence-corrected chi connectivity index (χ2v) is 3.77. The first-order valence-electron chi connectivity index (χ1n) is 5.26. The molecule has 0 amide bonds. The molecule has 6 nitrogen and oxygen atoms in total. The normalized spacial score (nSPS) is 11.7. The van der Waals surface area contributed by atoms with Crippen LogP contribution in [0.2, 0.25) is 0 Å². The van der Waals surface area contributed by atoms with Gasteiger partial charge in [-0.15, -0.1) is 0 Å². The smallest absolute Gasteiger partial charge is 0.330 e. The van der Waals surface area contributed by atoms with Gasteiger partial charge in [-0.1, -0.05) is 12.1 Å². The minimum Gasteiger partial charge on any atom is -0.370 e. The molecule has 1 aromatic carbocycles. The van der Waals surface area contributed by atoms with E-state index in [-0.39, 0.29) is 16.9 Å². The largest absolute Gasteiger partial charge is 0.370 e. The van der Waals surface area contributed by atoms with E-state index in [1.807, 2.05) is 0 Å². The van der Waals surface area contributed by atoms with E-state index in [9.17, 15) is 27.7 Å². The van der Waals surface area contributed by atoms with Crippen molar-refractivity contribution in [1.82, 2.24) is 0 Å². The molecule has 0 heterocycles. The third kappa shape index (κ3) is 3.78. The molecule has 0 radical (unpaired) electrons. The van der Waals surface area contributed by atoms with Crippen molar-refractivity contribution >= 4 is 11.4 Å². The number of para-hydroxylation sites is 1. The van der Waals surface area contributed by atoms with Crippen molar-refractivity contribution in [2.75, 3.05) is 12.0 Å². The maximum atomic E-state index is 12.6. The monoisotopic (exact) mass is 297 g/mol. The average Bonchev–Trinajstić information content (AvgIpc) is 2.37. The van der Waals surface area contributed by atoms with E-state index in [1.165, 1.54) is 12.1 Å². The van der Waals surface area contributed by atoms with Gasteiger partial charge in [-0.2, -0.15) is 8.78 Å². The molecule has 0 aromatic heterocycles. The molecule has 0 fully saturated rings. The van der Waals surface area contributed by atoms with Crippen LogP contribution >= 0.6 is 0 Å². The summed E-state index contributed by atoms with van der Waals surface area (Å²) in [5.41, 5.74) is 1.65. The molecule has 0 aliphatic carbocycles. The molecule has 1 aromatic rings. The number of nitro benzene ring substituents is 1. The zero-order valence-electron chi connectivity index (χ0n) is 9.98. The van der Waals surface area contributed by atoms with Crippen LogP contribution in [0.5, 0.6) is 0 Å². The molecule has 0 saturated heterocycles. The van der Waals surface area contributed by atoms with Crippen LogP contribution < -0.4 is 11.3 Å². The fourth-order valence-electron chi connectivity index (χ4n) is 1.39. The minimum atomic E-state index is -4.28. The van der Waals surface area contributed by atoms with E-state index in [0.717, 1.165) is 6.07 Å². The first-order chi connectivity index (χ1) is 9.29. The van der Waals surface area contributed by atoms with Gasteiger partial charge in [0, 0.05) is 11.6 Å². The van der Waals surface area contributed by atoms with Gasteiger partial charge in [0.15, 0.2) is 0 Å². The summed E-state index contributed by atoms with van der Waals surface area (Å²) in [6.45, 7) is -2.03. The number of nitrogens with two attached hydrogens (primary N) is 1. The van der Waals surface area contributed by atoms with E-state index in [1.54, 1.807) is 0 Å². The maximum Gasteiger partial charge on any atom is 0.330 e. The summed E-state index contributed by atoms with van der Waals surface area (Å²) in [7, 11) is 0. The lowest BCUT2D eigenvalue weighted by Crippen LogP contribution is -2.32. The Morgan fingerprint density at radius 2 is 2.10 bits per heavy atom. The Morgan fingerprint density at radius 1 is 1.45 bits per heavy atom. The molecule has 3 N–H and O–H groups in total. The summed E-state index contributed by atoms with van der Waals surface area (Å²) >= 11 is 0. The van der Waals surface area contributed by atoms with Crippen LogP contribution in [0.4, 0.5) is 28.9 Å². The number of hydrogen-bond acceptors (Lipinski definition) is 5. The third-order valence-electron chi connectivity index (χ3n) is 2.34. The zero-order valence-corrected chi connectivity index (χ0v) is 9.98. The summed E-state index contributed by atoms with van der Waals surface area (Å²) in [6, 6.07) is 3.78. The summed E-state index contributed by atoms with van der Waals surface area (Å²) in [4.78, 5) is 9.98. The molecule has 112 valence electrons. The number of rotatable bonds is 7. The second kappa shape index (κ2) is 6.48. The number of alkyl halides is 4. The molecule has 0 spiro atoms. The van der Waals surface area contributed by atoms with Gasteiger partial charge >= 0.3 is 12.3 Å². The fraction of sp³-hybridized carbons (Fsp3) is 0.400. The number of hydrazine groups is 1. The standard InChI is InChI=1S/C10H11F4N3O3/c11-9(12)10(13,14)5-20-4-6-2-1-3-7(17(18)19)8(6)16-15/h1-3,9,16H,4-5,15H2. The van der Waals surface area contributed by atoms with E-state index >= 15 is 0 Å². The highest BCUT2D eigenvalue weighted by atomic mass is 19.3. The lowest BCUT2D eigenvalue weighted by Gasteiger charge is -2.16. The number of nitro groups is 1. The van der Waals surface area contributed by atoms with Crippen molar-refractivity contribution in [2.24, 2.45) is 5.84 Å². The maximum absolute atomic E-state index is 12.6. The van der Waals surface area contributed by atoms with Gasteiger partial charge in [-0.25, -0.2) is 8.78 Å². The quantitative estimate of drug-likeness (QED) is 0.349. The van der Waals surface area contributed by atoms with Gasteiger partial charge in [-0.3, -0.25) is 16.0 Å². The van der Waals surface area contributed by atoms with Crippen LogP contribution in [0.25, 0.3) is 0 Å². The Labute approximate surface area is 110 Å². The Balaban J connectivity index is 2.79. The Kier molecular flexibility index (Phi) is 5.22. The molecular weight excluding hydrogens is 286 g/mol. The van der Waals surface area contributed by atoms with Gasteiger partial charge in [0.1, 0.15) is 12.3 Å². The van der Waals surface area contributed by atoms with Crippen molar-refractivity contribution < 1.29 is 27.2 Å². The predicted octanol–water partition coefficient (Wildman–Crippen LogP) is 2.30. The van der Waals surface area contributed by atoms with Crippen molar-refractivity contribution in [1.29, 1.82) is 0 Å². The highest BCUT2D eigenvalue weighted by Gasteiger charge is 2.41. The molecule has 0 bridgehead atoms. The molecule has 10 heteroatoms.